The van der Waals surface area contributed by atoms with Crippen LogP contribution >= 0.6 is 0 Å². The minimum atomic E-state index is 0.0612. The first kappa shape index (κ1) is 11.0. The number of nitrogens with one attached hydrogen (secondary N) is 1. The Labute approximate surface area is 105 Å². The molecule has 0 aliphatic rings. The Balaban J connectivity index is 2.18. The second kappa shape index (κ2) is 4.63. The van der Waals surface area contributed by atoms with Gasteiger partial charge in [0.1, 0.15) is 5.76 Å². The van der Waals surface area contributed by atoms with Gasteiger partial charge in [0.15, 0.2) is 0 Å². The number of nitrogens with zero attached hydrogens (tertiary/aromatic N) is 1. The third kappa shape index (κ3) is 1.79. The Morgan fingerprint density at radius 2 is 2.11 bits per heavy atom. The van der Waals surface area contributed by atoms with Gasteiger partial charge in [-0.25, -0.2) is 0 Å². The van der Waals surface area contributed by atoms with E-state index in [-0.39, 0.29) is 6.04 Å². The molecule has 0 saturated heterocycles. The lowest BCUT2D eigenvalue weighted by molar-refractivity contribution is 0.464. The molecule has 3 aromatic rings. The standard InChI is InChI=1S/C15H14N2O/c1-16-15(14-6-3-9-18-14)13-5-2-4-11-10-17-8-7-12(11)13/h2-10,15-16H,1H3. The first-order chi connectivity index (χ1) is 8.90. The smallest absolute Gasteiger partial charge is 0.125 e. The number of hydrogen-bond acceptors (Lipinski definition) is 3. The third-order valence-electron chi connectivity index (χ3n) is 3.14. The summed E-state index contributed by atoms with van der Waals surface area (Å²) in [5.74, 6) is 0.918. The van der Waals surface area contributed by atoms with Crippen LogP contribution in [0.15, 0.2) is 59.5 Å². The average Bonchev–Trinajstić information content (AvgIpc) is 2.94. The summed E-state index contributed by atoms with van der Waals surface area (Å²) in [5, 5.41) is 5.64. The molecule has 18 heavy (non-hydrogen) atoms. The van der Waals surface area contributed by atoms with Gasteiger partial charge in [0, 0.05) is 17.8 Å². The van der Waals surface area contributed by atoms with E-state index in [0.29, 0.717) is 0 Å². The van der Waals surface area contributed by atoms with Gasteiger partial charge in [-0.1, -0.05) is 18.2 Å². The second-order valence-electron chi connectivity index (χ2n) is 4.18. The van der Waals surface area contributed by atoms with E-state index < -0.39 is 0 Å². The summed E-state index contributed by atoms with van der Waals surface area (Å²) in [5.41, 5.74) is 1.20. The highest BCUT2D eigenvalue weighted by molar-refractivity contribution is 5.85. The van der Waals surface area contributed by atoms with Crippen molar-refractivity contribution in [3.05, 3.63) is 66.4 Å². The first-order valence-electron chi connectivity index (χ1n) is 5.93. The SMILES string of the molecule is CNC(c1ccco1)c1cccc2cnccc12. The van der Waals surface area contributed by atoms with Gasteiger partial charge in [0.2, 0.25) is 0 Å². The van der Waals surface area contributed by atoms with E-state index in [1.54, 1.807) is 6.26 Å². The van der Waals surface area contributed by atoms with Gasteiger partial charge in [-0.3, -0.25) is 4.98 Å². The lowest BCUT2D eigenvalue weighted by atomic mass is 9.98. The fourth-order valence-corrected chi connectivity index (χ4v) is 2.31. The van der Waals surface area contributed by atoms with E-state index in [1.165, 1.54) is 10.9 Å². The molecule has 3 rings (SSSR count). The van der Waals surface area contributed by atoms with E-state index in [0.717, 1.165) is 11.1 Å². The first-order valence-corrected chi connectivity index (χ1v) is 5.93. The molecule has 0 saturated carbocycles. The number of aromatic nitrogens is 1. The Morgan fingerprint density at radius 3 is 2.89 bits per heavy atom. The predicted octanol–water partition coefficient (Wildman–Crippen LogP) is 3.14. The Kier molecular flexibility index (Phi) is 2.82. The molecule has 90 valence electrons. The number of fused-ring (bicyclic) bond motifs is 1. The molecule has 1 unspecified atom stereocenters. The number of furan rings is 1. The molecule has 0 bridgehead atoms. The molecule has 2 heterocycles. The van der Waals surface area contributed by atoms with E-state index in [2.05, 4.69) is 22.4 Å². The fourth-order valence-electron chi connectivity index (χ4n) is 2.31. The van der Waals surface area contributed by atoms with Crippen molar-refractivity contribution in [1.82, 2.24) is 10.3 Å². The van der Waals surface area contributed by atoms with Crippen molar-refractivity contribution in [2.24, 2.45) is 0 Å². The largest absolute Gasteiger partial charge is 0.467 e. The maximum atomic E-state index is 5.51. The van der Waals surface area contributed by atoms with E-state index in [4.69, 9.17) is 4.42 Å². The highest BCUT2D eigenvalue weighted by Gasteiger charge is 2.16. The maximum Gasteiger partial charge on any atom is 0.125 e. The van der Waals surface area contributed by atoms with Gasteiger partial charge in [-0.2, -0.15) is 0 Å². The monoisotopic (exact) mass is 238 g/mol. The maximum absolute atomic E-state index is 5.51. The van der Waals surface area contributed by atoms with Crippen LogP contribution in [-0.2, 0) is 0 Å². The second-order valence-corrected chi connectivity index (χ2v) is 4.18. The summed E-state index contributed by atoms with van der Waals surface area (Å²) in [6.45, 7) is 0. The Morgan fingerprint density at radius 1 is 1.17 bits per heavy atom. The van der Waals surface area contributed by atoms with Gasteiger partial charge in [0.25, 0.3) is 0 Å². The fraction of sp³-hybridized carbons (Fsp3) is 0.133. The van der Waals surface area contributed by atoms with E-state index >= 15 is 0 Å². The van der Waals surface area contributed by atoms with Crippen LogP contribution in [0.3, 0.4) is 0 Å². The molecule has 0 spiro atoms. The molecule has 0 aliphatic heterocycles. The predicted molar refractivity (Wildman–Crippen MR) is 71.4 cm³/mol. The van der Waals surface area contributed by atoms with Crippen LogP contribution in [-0.4, -0.2) is 12.0 Å². The summed E-state index contributed by atoms with van der Waals surface area (Å²) in [6.07, 6.45) is 5.40. The summed E-state index contributed by atoms with van der Waals surface area (Å²) >= 11 is 0. The van der Waals surface area contributed by atoms with Crippen LogP contribution in [0.4, 0.5) is 0 Å². The molecular weight excluding hydrogens is 224 g/mol. The quantitative estimate of drug-likeness (QED) is 0.761. The lowest BCUT2D eigenvalue weighted by Crippen LogP contribution is -2.17. The zero-order chi connectivity index (χ0) is 12.4. The molecule has 2 aromatic heterocycles. The highest BCUT2D eigenvalue weighted by atomic mass is 16.3. The summed E-state index contributed by atoms with van der Waals surface area (Å²) in [6, 6.07) is 12.2. The molecule has 0 aliphatic carbocycles. The van der Waals surface area contributed by atoms with Crippen LogP contribution in [0.5, 0.6) is 0 Å². The summed E-state index contributed by atoms with van der Waals surface area (Å²) in [7, 11) is 1.94. The molecular formula is C15H14N2O. The van der Waals surface area contributed by atoms with Crippen LogP contribution < -0.4 is 5.32 Å². The van der Waals surface area contributed by atoms with Crippen molar-refractivity contribution < 1.29 is 4.42 Å². The van der Waals surface area contributed by atoms with Gasteiger partial charge in [-0.05, 0) is 36.2 Å². The van der Waals surface area contributed by atoms with Crippen LogP contribution in [0.1, 0.15) is 17.4 Å². The van der Waals surface area contributed by atoms with E-state index in [9.17, 15) is 0 Å². The lowest BCUT2D eigenvalue weighted by Gasteiger charge is -2.16. The molecule has 1 aromatic carbocycles. The molecule has 3 heteroatoms. The van der Waals surface area contributed by atoms with Gasteiger partial charge in [-0.15, -0.1) is 0 Å². The topological polar surface area (TPSA) is 38.1 Å². The molecule has 1 N–H and O–H groups in total. The van der Waals surface area contributed by atoms with Gasteiger partial charge in [0.05, 0.1) is 12.3 Å². The zero-order valence-corrected chi connectivity index (χ0v) is 10.1. The number of hydrogen-bond donors (Lipinski definition) is 1. The minimum Gasteiger partial charge on any atom is -0.467 e. The van der Waals surface area contributed by atoms with Crippen LogP contribution in [0.25, 0.3) is 10.8 Å². The average molecular weight is 238 g/mol. The molecule has 0 radical (unpaired) electrons. The third-order valence-corrected chi connectivity index (χ3v) is 3.14. The zero-order valence-electron chi connectivity index (χ0n) is 10.1. The molecule has 0 amide bonds. The van der Waals surface area contributed by atoms with Crippen LogP contribution in [0.2, 0.25) is 0 Å². The molecule has 0 fully saturated rings. The van der Waals surface area contributed by atoms with Crippen molar-refractivity contribution in [2.75, 3.05) is 7.05 Å². The number of rotatable bonds is 3. The number of benzene rings is 1. The van der Waals surface area contributed by atoms with E-state index in [1.807, 2.05) is 43.7 Å². The Bertz CT molecular complexity index is 641. The van der Waals surface area contributed by atoms with Crippen molar-refractivity contribution in [3.8, 4) is 0 Å². The minimum absolute atomic E-state index is 0.0612. The van der Waals surface area contributed by atoms with Gasteiger partial charge >= 0.3 is 0 Å². The Hall–Kier alpha value is -2.13. The number of pyridine rings is 1. The normalized spacial score (nSPS) is 12.7. The van der Waals surface area contributed by atoms with Crippen LogP contribution in [0, 0.1) is 0 Å². The summed E-state index contributed by atoms with van der Waals surface area (Å²) < 4.78 is 5.51. The van der Waals surface area contributed by atoms with Crippen molar-refractivity contribution in [1.29, 1.82) is 0 Å². The van der Waals surface area contributed by atoms with Crippen molar-refractivity contribution >= 4 is 10.8 Å². The van der Waals surface area contributed by atoms with Gasteiger partial charge < -0.3 is 9.73 Å². The molecule has 1 atom stereocenters. The molecule has 3 nitrogen and oxygen atoms in total. The van der Waals surface area contributed by atoms with Crippen molar-refractivity contribution in [3.63, 3.8) is 0 Å². The van der Waals surface area contributed by atoms with Crippen molar-refractivity contribution in [2.45, 2.75) is 6.04 Å². The summed E-state index contributed by atoms with van der Waals surface area (Å²) in [4.78, 5) is 4.16. The highest BCUT2D eigenvalue weighted by Crippen LogP contribution is 2.28.